The van der Waals surface area contributed by atoms with Gasteiger partial charge >= 0.3 is 0 Å². The van der Waals surface area contributed by atoms with E-state index in [0.717, 1.165) is 5.69 Å². The highest BCUT2D eigenvalue weighted by atomic mass is 16.2. The first-order valence-electron chi connectivity index (χ1n) is 8.26. The standard InChI is InChI=1S/C20H25N3O2/c1-14(24)22-17-9-11-18(12-10-17)23-19(25)13-21-16-7-5-15(6-8-16)20(2,3)4/h5-12,21H,13H2,1-4H3,(H,22,24)(H,23,25). The third-order valence-corrected chi connectivity index (χ3v) is 3.69. The van der Waals surface area contributed by atoms with Crippen molar-refractivity contribution < 1.29 is 9.59 Å². The van der Waals surface area contributed by atoms with Crippen molar-refractivity contribution in [3.05, 3.63) is 54.1 Å². The van der Waals surface area contributed by atoms with Gasteiger partial charge in [0.15, 0.2) is 0 Å². The van der Waals surface area contributed by atoms with Crippen LogP contribution < -0.4 is 16.0 Å². The van der Waals surface area contributed by atoms with Gasteiger partial charge in [0.2, 0.25) is 11.8 Å². The first-order valence-corrected chi connectivity index (χ1v) is 8.26. The summed E-state index contributed by atoms with van der Waals surface area (Å²) in [6, 6.07) is 15.1. The smallest absolute Gasteiger partial charge is 0.243 e. The summed E-state index contributed by atoms with van der Waals surface area (Å²) < 4.78 is 0. The van der Waals surface area contributed by atoms with E-state index in [1.165, 1.54) is 12.5 Å². The molecular weight excluding hydrogens is 314 g/mol. The van der Waals surface area contributed by atoms with Crippen LogP contribution in [0.3, 0.4) is 0 Å². The molecule has 0 radical (unpaired) electrons. The Bertz CT molecular complexity index is 729. The third-order valence-electron chi connectivity index (χ3n) is 3.69. The van der Waals surface area contributed by atoms with E-state index in [1.54, 1.807) is 24.3 Å². The molecule has 25 heavy (non-hydrogen) atoms. The summed E-state index contributed by atoms with van der Waals surface area (Å²) >= 11 is 0. The quantitative estimate of drug-likeness (QED) is 0.771. The number of hydrogen-bond donors (Lipinski definition) is 3. The van der Waals surface area contributed by atoms with Crippen molar-refractivity contribution in [1.82, 2.24) is 0 Å². The van der Waals surface area contributed by atoms with E-state index in [2.05, 4.69) is 48.9 Å². The Kier molecular flexibility index (Phi) is 5.80. The largest absolute Gasteiger partial charge is 0.376 e. The van der Waals surface area contributed by atoms with Crippen LogP contribution in [0.5, 0.6) is 0 Å². The number of anilines is 3. The molecule has 2 aromatic rings. The van der Waals surface area contributed by atoms with Crippen LogP contribution in [0.4, 0.5) is 17.1 Å². The molecule has 0 spiro atoms. The van der Waals surface area contributed by atoms with Crippen LogP contribution in [0, 0.1) is 0 Å². The molecule has 0 aromatic heterocycles. The van der Waals surface area contributed by atoms with Crippen LogP contribution >= 0.6 is 0 Å². The van der Waals surface area contributed by atoms with Crippen LogP contribution in [0.25, 0.3) is 0 Å². The van der Waals surface area contributed by atoms with Gasteiger partial charge in [0.25, 0.3) is 0 Å². The highest BCUT2D eigenvalue weighted by molar-refractivity contribution is 5.94. The molecule has 0 bridgehead atoms. The predicted molar refractivity (Wildman–Crippen MR) is 103 cm³/mol. The number of hydrogen-bond acceptors (Lipinski definition) is 3. The van der Waals surface area contributed by atoms with Gasteiger partial charge < -0.3 is 16.0 Å². The van der Waals surface area contributed by atoms with Crippen molar-refractivity contribution >= 4 is 28.9 Å². The summed E-state index contributed by atoms with van der Waals surface area (Å²) in [5.41, 5.74) is 3.65. The van der Waals surface area contributed by atoms with Crippen LogP contribution in [-0.2, 0) is 15.0 Å². The second-order valence-corrected chi connectivity index (χ2v) is 6.99. The van der Waals surface area contributed by atoms with E-state index in [-0.39, 0.29) is 23.8 Å². The molecule has 0 unspecified atom stereocenters. The molecule has 0 aliphatic heterocycles. The van der Waals surface area contributed by atoms with Crippen molar-refractivity contribution in [2.45, 2.75) is 33.1 Å². The van der Waals surface area contributed by atoms with Gasteiger partial charge in [-0.2, -0.15) is 0 Å². The summed E-state index contributed by atoms with van der Waals surface area (Å²) in [7, 11) is 0. The fourth-order valence-corrected chi connectivity index (χ4v) is 2.32. The van der Waals surface area contributed by atoms with E-state index >= 15 is 0 Å². The van der Waals surface area contributed by atoms with Gasteiger partial charge in [-0.15, -0.1) is 0 Å². The summed E-state index contributed by atoms with van der Waals surface area (Å²) in [6.07, 6.45) is 0. The van der Waals surface area contributed by atoms with Crippen molar-refractivity contribution in [3.63, 3.8) is 0 Å². The van der Waals surface area contributed by atoms with Crippen LogP contribution in [0.2, 0.25) is 0 Å². The van der Waals surface area contributed by atoms with Gasteiger partial charge in [0.05, 0.1) is 6.54 Å². The van der Waals surface area contributed by atoms with Gasteiger partial charge in [-0.1, -0.05) is 32.9 Å². The summed E-state index contributed by atoms with van der Waals surface area (Å²) in [5.74, 6) is -0.259. The van der Waals surface area contributed by atoms with Crippen molar-refractivity contribution in [2.24, 2.45) is 0 Å². The van der Waals surface area contributed by atoms with Crippen LogP contribution in [-0.4, -0.2) is 18.4 Å². The lowest BCUT2D eigenvalue weighted by atomic mass is 9.87. The molecule has 5 nitrogen and oxygen atoms in total. The zero-order valence-electron chi connectivity index (χ0n) is 15.1. The third kappa shape index (κ3) is 5.95. The van der Waals surface area contributed by atoms with E-state index in [9.17, 15) is 9.59 Å². The zero-order chi connectivity index (χ0) is 18.4. The van der Waals surface area contributed by atoms with Gasteiger partial charge in [-0.3, -0.25) is 9.59 Å². The highest BCUT2D eigenvalue weighted by Gasteiger charge is 2.12. The first-order chi connectivity index (χ1) is 11.7. The lowest BCUT2D eigenvalue weighted by Crippen LogP contribution is -2.21. The lowest BCUT2D eigenvalue weighted by molar-refractivity contribution is -0.115. The van der Waals surface area contributed by atoms with Crippen LogP contribution in [0.1, 0.15) is 33.3 Å². The fourth-order valence-electron chi connectivity index (χ4n) is 2.32. The van der Waals surface area contributed by atoms with Crippen molar-refractivity contribution in [3.8, 4) is 0 Å². The summed E-state index contributed by atoms with van der Waals surface area (Å²) in [5, 5.41) is 8.61. The molecule has 0 atom stereocenters. The number of benzene rings is 2. The fraction of sp³-hybridized carbons (Fsp3) is 0.300. The molecular formula is C20H25N3O2. The molecule has 2 rings (SSSR count). The predicted octanol–water partition coefficient (Wildman–Crippen LogP) is 3.99. The monoisotopic (exact) mass is 339 g/mol. The number of carbonyl (C=O) groups excluding carboxylic acids is 2. The molecule has 5 heteroatoms. The minimum atomic E-state index is -0.132. The number of rotatable bonds is 5. The van der Waals surface area contributed by atoms with Gasteiger partial charge in [0.1, 0.15) is 0 Å². The summed E-state index contributed by atoms with van der Waals surface area (Å²) in [4.78, 5) is 23.0. The Balaban J connectivity index is 1.85. The number of amides is 2. The maximum absolute atomic E-state index is 12.0. The molecule has 0 saturated heterocycles. The Labute approximate surface area is 148 Å². The second kappa shape index (κ2) is 7.83. The molecule has 0 saturated carbocycles. The normalized spacial score (nSPS) is 10.9. The van der Waals surface area contributed by atoms with E-state index in [0.29, 0.717) is 11.4 Å². The average molecular weight is 339 g/mol. The molecule has 2 amide bonds. The van der Waals surface area contributed by atoms with Crippen molar-refractivity contribution in [1.29, 1.82) is 0 Å². The maximum Gasteiger partial charge on any atom is 0.243 e. The maximum atomic E-state index is 12.0. The van der Waals surface area contributed by atoms with Crippen LogP contribution in [0.15, 0.2) is 48.5 Å². The average Bonchev–Trinajstić information content (AvgIpc) is 2.54. The molecule has 2 aromatic carbocycles. The Morgan fingerprint density at radius 3 is 1.76 bits per heavy atom. The minimum Gasteiger partial charge on any atom is -0.376 e. The van der Waals surface area contributed by atoms with Crippen molar-refractivity contribution in [2.75, 3.05) is 22.5 Å². The Morgan fingerprint density at radius 1 is 0.800 bits per heavy atom. The lowest BCUT2D eigenvalue weighted by Gasteiger charge is -2.19. The molecule has 0 fully saturated rings. The van der Waals surface area contributed by atoms with Gasteiger partial charge in [-0.25, -0.2) is 0 Å². The van der Waals surface area contributed by atoms with Gasteiger partial charge in [0, 0.05) is 24.0 Å². The van der Waals surface area contributed by atoms with E-state index in [4.69, 9.17) is 0 Å². The molecule has 0 aliphatic rings. The Hall–Kier alpha value is -2.82. The Morgan fingerprint density at radius 2 is 1.28 bits per heavy atom. The molecule has 0 aliphatic carbocycles. The number of nitrogens with one attached hydrogen (secondary N) is 3. The zero-order valence-corrected chi connectivity index (χ0v) is 15.1. The van der Waals surface area contributed by atoms with E-state index < -0.39 is 0 Å². The molecule has 0 heterocycles. The van der Waals surface area contributed by atoms with E-state index in [1.807, 2.05) is 12.1 Å². The first kappa shape index (κ1) is 18.5. The molecule has 3 N–H and O–H groups in total. The summed E-state index contributed by atoms with van der Waals surface area (Å²) in [6.45, 7) is 8.14. The van der Waals surface area contributed by atoms with Gasteiger partial charge in [-0.05, 0) is 47.4 Å². The minimum absolute atomic E-state index is 0.110. The SMILES string of the molecule is CC(=O)Nc1ccc(NC(=O)CNc2ccc(C(C)(C)C)cc2)cc1. The second-order valence-electron chi connectivity index (χ2n) is 6.99. The number of carbonyl (C=O) groups is 2. The topological polar surface area (TPSA) is 70.2 Å². The molecule has 132 valence electrons. The highest BCUT2D eigenvalue weighted by Crippen LogP contribution is 2.23.